The fourth-order valence-electron chi connectivity index (χ4n) is 5.63. The van der Waals surface area contributed by atoms with Crippen LogP contribution in [0.2, 0.25) is 0 Å². The highest BCUT2D eigenvalue weighted by atomic mass is 15.2. The molecule has 0 atom stereocenters. The van der Waals surface area contributed by atoms with E-state index in [1.165, 1.54) is 84.7 Å². The van der Waals surface area contributed by atoms with E-state index in [0.717, 1.165) is 25.2 Å². The van der Waals surface area contributed by atoms with Gasteiger partial charge in [0.1, 0.15) is 0 Å². The van der Waals surface area contributed by atoms with Crippen LogP contribution in [-0.4, -0.2) is 47.2 Å². The number of rotatable bonds is 4. The third-order valence-electron chi connectivity index (χ3n) is 7.04. The molecule has 30 heavy (non-hydrogen) atoms. The van der Waals surface area contributed by atoms with Crippen LogP contribution in [0.5, 0.6) is 0 Å². The Morgan fingerprint density at radius 1 is 0.733 bits per heavy atom. The molecule has 0 bridgehead atoms. The lowest BCUT2D eigenvalue weighted by molar-refractivity contribution is 0.227. The molecule has 0 spiro atoms. The summed E-state index contributed by atoms with van der Waals surface area (Å²) in [6.07, 6.45) is 6.58. The van der Waals surface area contributed by atoms with Crippen molar-refractivity contribution in [1.82, 2.24) is 14.5 Å². The molecule has 0 radical (unpaired) electrons. The first-order valence-electron chi connectivity index (χ1n) is 11.7. The Morgan fingerprint density at radius 3 is 2.43 bits per heavy atom. The van der Waals surface area contributed by atoms with Crippen molar-refractivity contribution in [3.05, 3.63) is 48.5 Å². The van der Waals surface area contributed by atoms with Crippen LogP contribution in [0, 0.1) is 0 Å². The molecule has 2 aliphatic rings. The minimum Gasteiger partial charge on any atom is -0.369 e. The molecule has 2 aromatic heterocycles. The van der Waals surface area contributed by atoms with Crippen molar-refractivity contribution < 1.29 is 0 Å². The third kappa shape index (κ3) is 2.97. The number of nitrogens with zero attached hydrogens (tertiary/aromatic N) is 4. The Morgan fingerprint density at radius 2 is 1.53 bits per heavy atom. The van der Waals surface area contributed by atoms with Crippen LogP contribution in [-0.2, 0) is 6.54 Å². The summed E-state index contributed by atoms with van der Waals surface area (Å²) in [5, 5.41) is 2.59. The average molecular weight is 399 g/mol. The van der Waals surface area contributed by atoms with Gasteiger partial charge in [0.05, 0.1) is 27.8 Å². The SMILES string of the molecule is c1ccc2c3c4c(nc2c1)c1ccccc1n4CCCN3CCCN1CCCCC1. The molecule has 0 unspecified atom stereocenters. The quantitative estimate of drug-likeness (QED) is 0.458. The summed E-state index contributed by atoms with van der Waals surface area (Å²) in [5.74, 6) is 0. The highest BCUT2D eigenvalue weighted by Gasteiger charge is 2.24. The lowest BCUT2D eigenvalue weighted by atomic mass is 10.1. The van der Waals surface area contributed by atoms with Crippen LogP contribution in [0.1, 0.15) is 32.1 Å². The monoisotopic (exact) mass is 398 g/mol. The van der Waals surface area contributed by atoms with Gasteiger partial charge in [-0.2, -0.15) is 0 Å². The topological polar surface area (TPSA) is 24.3 Å². The number of benzene rings is 2. The second-order valence-corrected chi connectivity index (χ2v) is 8.94. The van der Waals surface area contributed by atoms with E-state index >= 15 is 0 Å². The van der Waals surface area contributed by atoms with E-state index in [9.17, 15) is 0 Å². The number of fused-ring (bicyclic) bond motifs is 5. The van der Waals surface area contributed by atoms with Gasteiger partial charge in [0.25, 0.3) is 0 Å². The van der Waals surface area contributed by atoms with Crippen molar-refractivity contribution in [3.8, 4) is 0 Å². The molecule has 2 aliphatic heterocycles. The first kappa shape index (κ1) is 18.2. The number of hydrogen-bond donors (Lipinski definition) is 0. The van der Waals surface area contributed by atoms with Crippen molar-refractivity contribution in [2.24, 2.45) is 0 Å². The zero-order valence-electron chi connectivity index (χ0n) is 17.7. The van der Waals surface area contributed by atoms with Crippen molar-refractivity contribution in [1.29, 1.82) is 0 Å². The number of likely N-dealkylation sites (tertiary alicyclic amines) is 1. The molecule has 4 aromatic rings. The molecule has 4 heterocycles. The Kier molecular flexibility index (Phi) is 4.60. The smallest absolute Gasteiger partial charge is 0.0988 e. The van der Waals surface area contributed by atoms with Crippen LogP contribution in [0.3, 0.4) is 0 Å². The summed E-state index contributed by atoms with van der Waals surface area (Å²) in [7, 11) is 0. The minimum absolute atomic E-state index is 1.07. The van der Waals surface area contributed by atoms with Crippen LogP contribution in [0.25, 0.3) is 32.8 Å². The molecule has 0 amide bonds. The van der Waals surface area contributed by atoms with E-state index in [-0.39, 0.29) is 0 Å². The van der Waals surface area contributed by atoms with Gasteiger partial charge in [0.15, 0.2) is 0 Å². The lowest BCUT2D eigenvalue weighted by Gasteiger charge is -2.29. The first-order chi connectivity index (χ1) is 14.9. The number of aryl methyl sites for hydroxylation is 1. The fourth-order valence-corrected chi connectivity index (χ4v) is 5.63. The van der Waals surface area contributed by atoms with Gasteiger partial charge in [-0.3, -0.25) is 0 Å². The number of aromatic nitrogens is 2. The van der Waals surface area contributed by atoms with Crippen LogP contribution < -0.4 is 4.90 Å². The van der Waals surface area contributed by atoms with Gasteiger partial charge in [-0.25, -0.2) is 4.98 Å². The van der Waals surface area contributed by atoms with Crippen molar-refractivity contribution in [3.63, 3.8) is 0 Å². The summed E-state index contributed by atoms with van der Waals surface area (Å²) in [6.45, 7) is 7.12. The fraction of sp³-hybridized carbons (Fsp3) is 0.423. The maximum absolute atomic E-state index is 5.14. The predicted molar refractivity (Wildman–Crippen MR) is 126 cm³/mol. The highest BCUT2D eigenvalue weighted by molar-refractivity contribution is 6.16. The lowest BCUT2D eigenvalue weighted by Crippen LogP contribution is -2.33. The van der Waals surface area contributed by atoms with E-state index in [0.29, 0.717) is 0 Å². The summed E-state index contributed by atoms with van der Waals surface area (Å²) in [5.41, 5.74) is 6.35. The number of piperidine rings is 1. The van der Waals surface area contributed by atoms with E-state index in [2.05, 4.69) is 62.9 Å². The third-order valence-corrected chi connectivity index (χ3v) is 7.04. The molecule has 0 N–H and O–H groups in total. The van der Waals surface area contributed by atoms with Crippen LogP contribution in [0.4, 0.5) is 5.69 Å². The molecular formula is C26H30N4. The van der Waals surface area contributed by atoms with Gasteiger partial charge in [0.2, 0.25) is 0 Å². The Labute approximate surface area is 178 Å². The molecule has 0 aliphatic carbocycles. The Bertz CT molecular complexity index is 1200. The molecule has 154 valence electrons. The van der Waals surface area contributed by atoms with Gasteiger partial charge >= 0.3 is 0 Å². The molecule has 4 heteroatoms. The van der Waals surface area contributed by atoms with Crippen molar-refractivity contribution in [2.75, 3.05) is 37.6 Å². The van der Waals surface area contributed by atoms with Crippen LogP contribution in [0.15, 0.2) is 48.5 Å². The molecule has 4 nitrogen and oxygen atoms in total. The Balaban J connectivity index is 1.46. The summed E-state index contributed by atoms with van der Waals surface area (Å²) in [6, 6.07) is 17.5. The molecule has 1 fully saturated rings. The zero-order valence-corrected chi connectivity index (χ0v) is 17.7. The molecular weight excluding hydrogens is 368 g/mol. The number of hydrogen-bond acceptors (Lipinski definition) is 3. The van der Waals surface area contributed by atoms with Gasteiger partial charge in [-0.1, -0.05) is 42.8 Å². The maximum atomic E-state index is 5.14. The standard InChI is InChI=1S/C26H30N4/c1-6-14-28(15-7-1)16-8-17-29-18-9-19-30-23-13-5-3-11-21(23)24-26(30)25(29)20-10-2-4-12-22(20)27-24/h2-5,10-13H,1,6-9,14-19H2. The molecule has 1 saturated heterocycles. The number of para-hydroxylation sites is 2. The van der Waals surface area contributed by atoms with Crippen molar-refractivity contribution >= 4 is 38.5 Å². The van der Waals surface area contributed by atoms with Crippen molar-refractivity contribution in [2.45, 2.75) is 38.6 Å². The predicted octanol–water partition coefficient (Wildman–Crippen LogP) is 5.43. The number of anilines is 1. The Hall–Kier alpha value is -2.59. The first-order valence-corrected chi connectivity index (χ1v) is 11.7. The molecule has 2 aromatic carbocycles. The second-order valence-electron chi connectivity index (χ2n) is 8.94. The minimum atomic E-state index is 1.07. The molecule has 6 rings (SSSR count). The van der Waals surface area contributed by atoms with E-state index < -0.39 is 0 Å². The van der Waals surface area contributed by atoms with Gasteiger partial charge in [-0.05, 0) is 57.5 Å². The maximum Gasteiger partial charge on any atom is 0.0988 e. The van der Waals surface area contributed by atoms with Gasteiger partial charge in [-0.15, -0.1) is 0 Å². The normalized spacial score (nSPS) is 17.8. The second kappa shape index (κ2) is 7.59. The molecule has 0 saturated carbocycles. The average Bonchev–Trinajstić information content (AvgIpc) is 2.97. The van der Waals surface area contributed by atoms with Gasteiger partial charge < -0.3 is 14.4 Å². The van der Waals surface area contributed by atoms with E-state index in [4.69, 9.17) is 4.98 Å². The van der Waals surface area contributed by atoms with Crippen LogP contribution >= 0.6 is 0 Å². The summed E-state index contributed by atoms with van der Waals surface area (Å²) >= 11 is 0. The summed E-state index contributed by atoms with van der Waals surface area (Å²) in [4.78, 5) is 10.5. The van der Waals surface area contributed by atoms with Gasteiger partial charge in [0, 0.05) is 30.4 Å². The largest absolute Gasteiger partial charge is 0.369 e. The number of pyridine rings is 1. The summed E-state index contributed by atoms with van der Waals surface area (Å²) < 4.78 is 2.53. The zero-order chi connectivity index (χ0) is 19.9. The van der Waals surface area contributed by atoms with E-state index in [1.807, 2.05) is 0 Å². The highest BCUT2D eigenvalue weighted by Crippen LogP contribution is 2.40. The van der Waals surface area contributed by atoms with E-state index in [1.54, 1.807) is 0 Å².